The van der Waals surface area contributed by atoms with E-state index in [0.29, 0.717) is 11.8 Å². The highest BCUT2D eigenvalue weighted by molar-refractivity contribution is 9.11. The van der Waals surface area contributed by atoms with Gasteiger partial charge in [0.1, 0.15) is 0 Å². The minimum Gasteiger partial charge on any atom is -0.388 e. The van der Waals surface area contributed by atoms with Gasteiger partial charge in [-0.05, 0) is 47.6 Å². The Balaban J connectivity index is 1.80. The first-order chi connectivity index (χ1) is 9.16. The van der Waals surface area contributed by atoms with E-state index in [4.69, 9.17) is 0 Å². The van der Waals surface area contributed by atoms with E-state index in [2.05, 4.69) is 56.1 Å². The second-order valence-electron chi connectivity index (χ2n) is 5.03. The molecule has 2 aromatic rings. The maximum Gasteiger partial charge on any atom is 0.0835 e. The van der Waals surface area contributed by atoms with Gasteiger partial charge in [-0.25, -0.2) is 0 Å². The molecule has 0 aliphatic heterocycles. The highest BCUT2D eigenvalue weighted by atomic mass is 79.9. The zero-order chi connectivity index (χ0) is 13.4. The van der Waals surface area contributed by atoms with Gasteiger partial charge in [-0.1, -0.05) is 62.2 Å². The molecule has 1 saturated carbocycles. The van der Waals surface area contributed by atoms with Crippen molar-refractivity contribution >= 4 is 31.9 Å². The molecule has 0 aromatic heterocycles. The van der Waals surface area contributed by atoms with Crippen LogP contribution in [-0.4, -0.2) is 5.11 Å². The summed E-state index contributed by atoms with van der Waals surface area (Å²) in [7, 11) is 0. The van der Waals surface area contributed by atoms with Crippen LogP contribution in [-0.2, 0) is 0 Å². The Labute approximate surface area is 129 Å². The number of hydrogen-bond donors (Lipinski definition) is 1. The summed E-state index contributed by atoms with van der Waals surface area (Å²) in [6, 6.07) is 16.4. The molecule has 3 atom stereocenters. The lowest BCUT2D eigenvalue weighted by molar-refractivity contribution is 0.150. The third-order valence-electron chi connectivity index (χ3n) is 3.75. The molecule has 3 heteroatoms. The molecule has 2 aromatic carbocycles. The third kappa shape index (κ3) is 2.78. The van der Waals surface area contributed by atoms with E-state index in [1.165, 1.54) is 5.56 Å². The van der Waals surface area contributed by atoms with Gasteiger partial charge in [-0.15, -0.1) is 0 Å². The van der Waals surface area contributed by atoms with Crippen LogP contribution in [0.5, 0.6) is 0 Å². The summed E-state index contributed by atoms with van der Waals surface area (Å²) in [5.74, 6) is 0.815. The molecule has 1 nitrogen and oxygen atoms in total. The fourth-order valence-electron chi connectivity index (χ4n) is 2.62. The standard InChI is InChI=1S/C16H14Br2O/c17-11-6-7-15(18)14(8-11)16(19)13-9-12(13)10-4-2-1-3-5-10/h1-8,12-13,16,19H,9H2. The Morgan fingerprint density at radius 2 is 1.79 bits per heavy atom. The maximum absolute atomic E-state index is 10.5. The smallest absolute Gasteiger partial charge is 0.0835 e. The van der Waals surface area contributed by atoms with E-state index in [1.807, 2.05) is 24.3 Å². The summed E-state index contributed by atoms with van der Waals surface area (Å²) in [4.78, 5) is 0. The second kappa shape index (κ2) is 5.39. The summed E-state index contributed by atoms with van der Waals surface area (Å²) in [5, 5.41) is 10.5. The average molecular weight is 382 g/mol. The molecule has 0 radical (unpaired) electrons. The maximum atomic E-state index is 10.5. The van der Waals surface area contributed by atoms with Gasteiger partial charge >= 0.3 is 0 Å². The zero-order valence-electron chi connectivity index (χ0n) is 10.3. The van der Waals surface area contributed by atoms with Gasteiger partial charge in [0.15, 0.2) is 0 Å². The normalized spacial score (nSPS) is 23.1. The minimum atomic E-state index is -0.405. The van der Waals surface area contributed by atoms with Gasteiger partial charge < -0.3 is 5.11 Å². The van der Waals surface area contributed by atoms with Gasteiger partial charge in [0.2, 0.25) is 0 Å². The van der Waals surface area contributed by atoms with Crippen LogP contribution in [0.3, 0.4) is 0 Å². The van der Waals surface area contributed by atoms with E-state index in [1.54, 1.807) is 0 Å². The number of halogens is 2. The predicted molar refractivity (Wildman–Crippen MR) is 84.1 cm³/mol. The van der Waals surface area contributed by atoms with Crippen molar-refractivity contribution in [2.45, 2.75) is 18.4 Å². The molecular weight excluding hydrogens is 368 g/mol. The summed E-state index contributed by atoms with van der Waals surface area (Å²) < 4.78 is 1.98. The highest BCUT2D eigenvalue weighted by Gasteiger charge is 2.44. The minimum absolute atomic E-state index is 0.327. The molecule has 0 amide bonds. The average Bonchev–Trinajstić information content (AvgIpc) is 3.22. The Hall–Kier alpha value is -0.640. The van der Waals surface area contributed by atoms with Crippen LogP contribution >= 0.6 is 31.9 Å². The number of benzene rings is 2. The first-order valence-corrected chi connectivity index (χ1v) is 7.93. The molecule has 19 heavy (non-hydrogen) atoms. The van der Waals surface area contributed by atoms with Crippen molar-refractivity contribution in [2.75, 3.05) is 0 Å². The monoisotopic (exact) mass is 380 g/mol. The second-order valence-corrected chi connectivity index (χ2v) is 6.80. The zero-order valence-corrected chi connectivity index (χ0v) is 13.4. The quantitative estimate of drug-likeness (QED) is 0.788. The number of hydrogen-bond acceptors (Lipinski definition) is 1. The van der Waals surface area contributed by atoms with Crippen molar-refractivity contribution in [1.82, 2.24) is 0 Å². The van der Waals surface area contributed by atoms with Crippen LogP contribution in [0.4, 0.5) is 0 Å². The van der Waals surface area contributed by atoms with Crippen LogP contribution in [0.1, 0.15) is 29.6 Å². The highest BCUT2D eigenvalue weighted by Crippen LogP contribution is 2.54. The number of aliphatic hydroxyl groups is 1. The van der Waals surface area contributed by atoms with Crippen molar-refractivity contribution in [3.8, 4) is 0 Å². The van der Waals surface area contributed by atoms with Crippen molar-refractivity contribution in [2.24, 2.45) is 5.92 Å². The van der Waals surface area contributed by atoms with Gasteiger partial charge in [0.25, 0.3) is 0 Å². The summed E-state index contributed by atoms with van der Waals surface area (Å²) in [6.45, 7) is 0. The van der Waals surface area contributed by atoms with Gasteiger partial charge in [0, 0.05) is 8.95 Å². The lowest BCUT2D eigenvalue weighted by Crippen LogP contribution is -2.02. The van der Waals surface area contributed by atoms with Crippen LogP contribution in [0, 0.1) is 5.92 Å². The van der Waals surface area contributed by atoms with Crippen LogP contribution in [0.2, 0.25) is 0 Å². The van der Waals surface area contributed by atoms with E-state index in [0.717, 1.165) is 20.9 Å². The van der Waals surface area contributed by atoms with Gasteiger partial charge in [0.05, 0.1) is 6.10 Å². The molecule has 3 rings (SSSR count). The molecule has 3 unspecified atom stereocenters. The predicted octanol–water partition coefficient (Wildman–Crippen LogP) is 5.05. The van der Waals surface area contributed by atoms with Crippen LogP contribution in [0.25, 0.3) is 0 Å². The van der Waals surface area contributed by atoms with Crippen molar-refractivity contribution in [1.29, 1.82) is 0 Å². The topological polar surface area (TPSA) is 20.2 Å². The molecular formula is C16H14Br2O. The molecule has 1 aliphatic carbocycles. The van der Waals surface area contributed by atoms with Gasteiger partial charge in [-0.3, -0.25) is 0 Å². The fraction of sp³-hybridized carbons (Fsp3) is 0.250. The molecule has 0 bridgehead atoms. The van der Waals surface area contributed by atoms with E-state index >= 15 is 0 Å². The molecule has 1 N–H and O–H groups in total. The first-order valence-electron chi connectivity index (χ1n) is 6.35. The fourth-order valence-corrected chi connectivity index (χ4v) is 3.48. The van der Waals surface area contributed by atoms with E-state index in [-0.39, 0.29) is 0 Å². The molecule has 1 aliphatic rings. The lowest BCUT2D eigenvalue weighted by Gasteiger charge is -2.13. The third-order valence-corrected chi connectivity index (χ3v) is 4.97. The van der Waals surface area contributed by atoms with Crippen LogP contribution < -0.4 is 0 Å². The first kappa shape index (κ1) is 13.3. The molecule has 0 saturated heterocycles. The molecule has 1 fully saturated rings. The molecule has 0 heterocycles. The van der Waals surface area contributed by atoms with Crippen molar-refractivity contribution in [3.05, 3.63) is 68.6 Å². The summed E-state index contributed by atoms with van der Waals surface area (Å²) in [5.41, 5.74) is 2.30. The molecule has 0 spiro atoms. The Kier molecular flexibility index (Phi) is 3.79. The Morgan fingerprint density at radius 3 is 2.53 bits per heavy atom. The lowest BCUT2D eigenvalue weighted by atomic mass is 10.0. The van der Waals surface area contributed by atoms with E-state index < -0.39 is 6.10 Å². The van der Waals surface area contributed by atoms with Crippen LogP contribution in [0.15, 0.2) is 57.5 Å². The number of aliphatic hydroxyl groups excluding tert-OH is 1. The Bertz CT molecular complexity index is 583. The van der Waals surface area contributed by atoms with Crippen molar-refractivity contribution < 1.29 is 5.11 Å². The van der Waals surface area contributed by atoms with E-state index in [9.17, 15) is 5.11 Å². The van der Waals surface area contributed by atoms with Gasteiger partial charge in [-0.2, -0.15) is 0 Å². The SMILES string of the molecule is OC(c1cc(Br)ccc1Br)C1CC1c1ccccc1. The largest absolute Gasteiger partial charge is 0.388 e. The number of rotatable bonds is 3. The summed E-state index contributed by atoms with van der Waals surface area (Å²) in [6.07, 6.45) is 0.654. The summed E-state index contributed by atoms with van der Waals surface area (Å²) >= 11 is 6.98. The van der Waals surface area contributed by atoms with Crippen molar-refractivity contribution in [3.63, 3.8) is 0 Å². The Morgan fingerprint density at radius 1 is 1.05 bits per heavy atom. The molecule has 98 valence electrons.